The Labute approximate surface area is 304 Å². The van der Waals surface area contributed by atoms with E-state index in [-0.39, 0.29) is 24.3 Å². The van der Waals surface area contributed by atoms with Crippen molar-refractivity contribution in [1.82, 2.24) is 20.6 Å². The summed E-state index contributed by atoms with van der Waals surface area (Å²) in [6.45, 7) is 4.69. The second-order valence-corrected chi connectivity index (χ2v) is 13.0. The van der Waals surface area contributed by atoms with Crippen LogP contribution in [0.4, 0.5) is 32.3 Å². The molecule has 16 heteroatoms. The summed E-state index contributed by atoms with van der Waals surface area (Å²) in [5, 5.41) is 18.3. The minimum absolute atomic E-state index is 0.0260. The van der Waals surface area contributed by atoms with E-state index in [1.165, 1.54) is 12.4 Å². The molecule has 48 heavy (non-hydrogen) atoms. The molecule has 2 aliphatic heterocycles. The van der Waals surface area contributed by atoms with E-state index in [4.69, 9.17) is 32.7 Å². The highest BCUT2D eigenvalue weighted by atomic mass is 79.9. The van der Waals surface area contributed by atoms with Crippen LogP contribution in [0.3, 0.4) is 0 Å². The van der Waals surface area contributed by atoms with Crippen LogP contribution in [-0.2, 0) is 9.47 Å². The van der Waals surface area contributed by atoms with Crippen LogP contribution >= 0.6 is 55.1 Å². The van der Waals surface area contributed by atoms with E-state index >= 15 is 0 Å². The molecule has 6 rings (SSSR count). The third-order valence-electron chi connectivity index (χ3n) is 7.05. The third kappa shape index (κ3) is 10.8. The highest BCUT2D eigenvalue weighted by Gasteiger charge is 2.18. The van der Waals surface area contributed by atoms with Crippen molar-refractivity contribution in [2.24, 2.45) is 0 Å². The summed E-state index contributed by atoms with van der Waals surface area (Å²) < 4.78 is 13.0. The smallest absolute Gasteiger partial charge is 0.323 e. The molecule has 0 saturated carbocycles. The maximum absolute atomic E-state index is 12.1. The normalized spacial score (nSPS) is 17.3. The third-order valence-corrected chi connectivity index (χ3v) is 8.81. The van der Waals surface area contributed by atoms with Gasteiger partial charge in [0.25, 0.3) is 0 Å². The zero-order chi connectivity index (χ0) is 33.9. The highest BCUT2D eigenvalue weighted by Crippen LogP contribution is 2.30. The molecule has 2 fully saturated rings. The molecule has 4 amide bonds. The number of rotatable bonds is 6. The Morgan fingerprint density at radius 3 is 1.44 bits per heavy atom. The number of benzene rings is 2. The van der Waals surface area contributed by atoms with Gasteiger partial charge in [-0.1, -0.05) is 35.3 Å². The van der Waals surface area contributed by atoms with Gasteiger partial charge in [0.15, 0.2) is 0 Å². The number of anilines is 4. The average molecular weight is 823 g/mol. The lowest BCUT2D eigenvalue weighted by Gasteiger charge is -2.24. The Morgan fingerprint density at radius 2 is 1.10 bits per heavy atom. The Morgan fingerprint density at radius 1 is 0.667 bits per heavy atom. The van der Waals surface area contributed by atoms with Crippen molar-refractivity contribution in [3.63, 3.8) is 0 Å². The maximum atomic E-state index is 12.1. The van der Waals surface area contributed by atoms with Gasteiger partial charge in [0.05, 0.1) is 60.6 Å². The first kappa shape index (κ1) is 36.0. The van der Waals surface area contributed by atoms with Crippen LogP contribution < -0.4 is 31.9 Å². The molecule has 0 radical (unpaired) electrons. The van der Waals surface area contributed by atoms with Crippen LogP contribution in [0.1, 0.15) is 23.3 Å². The second-order valence-electron chi connectivity index (χ2n) is 10.5. The van der Waals surface area contributed by atoms with Gasteiger partial charge < -0.3 is 41.4 Å². The van der Waals surface area contributed by atoms with Gasteiger partial charge in [0.2, 0.25) is 0 Å². The number of aromatic nitrogens is 2. The Bertz CT molecular complexity index is 1570. The molecule has 0 unspecified atom stereocenters. The summed E-state index contributed by atoms with van der Waals surface area (Å²) in [6, 6.07) is 17.4. The van der Waals surface area contributed by atoms with E-state index in [1.54, 1.807) is 24.3 Å². The van der Waals surface area contributed by atoms with E-state index < -0.39 is 0 Å². The van der Waals surface area contributed by atoms with E-state index in [2.05, 4.69) is 73.7 Å². The number of carbonyl (C=O) groups excluding carboxylic acids is 2. The second kappa shape index (κ2) is 17.9. The number of hydrogen-bond acceptors (Lipinski definition) is 8. The summed E-state index contributed by atoms with van der Waals surface area (Å²) in [4.78, 5) is 32.0. The lowest BCUT2D eigenvalue weighted by molar-refractivity contribution is 0.0276. The first-order valence-electron chi connectivity index (χ1n) is 14.9. The molecular formula is C32H32Br2Cl2N8O4. The largest absolute Gasteiger partial charge is 0.371 e. The molecule has 2 atom stereocenters. The van der Waals surface area contributed by atoms with E-state index in [1.807, 2.05) is 36.4 Å². The Hall–Kier alpha value is -3.34. The highest BCUT2D eigenvalue weighted by molar-refractivity contribution is 9.11. The van der Waals surface area contributed by atoms with Crippen LogP contribution in [-0.4, -0.2) is 61.4 Å². The number of pyridine rings is 2. The number of halogens is 4. The molecule has 252 valence electrons. The van der Waals surface area contributed by atoms with Crippen molar-refractivity contribution in [3.05, 3.63) is 103 Å². The molecule has 2 aliphatic rings. The lowest BCUT2D eigenvalue weighted by atomic mass is 10.1. The molecule has 0 aliphatic carbocycles. The van der Waals surface area contributed by atoms with Gasteiger partial charge in [-0.25, -0.2) is 19.6 Å². The number of urea groups is 2. The van der Waals surface area contributed by atoms with Crippen LogP contribution in [0.15, 0.2) is 82.0 Å². The molecule has 4 aromatic rings. The summed E-state index contributed by atoms with van der Waals surface area (Å²) >= 11 is 18.4. The molecule has 2 saturated heterocycles. The number of nitrogens with one attached hydrogen (secondary N) is 6. The molecule has 2 aromatic heterocycles. The first-order chi connectivity index (χ1) is 23.2. The molecule has 6 N–H and O–H groups in total. The van der Waals surface area contributed by atoms with Gasteiger partial charge in [-0.2, -0.15) is 0 Å². The van der Waals surface area contributed by atoms with Gasteiger partial charge in [-0.3, -0.25) is 0 Å². The van der Waals surface area contributed by atoms with Crippen molar-refractivity contribution in [2.45, 2.75) is 12.2 Å². The maximum Gasteiger partial charge on any atom is 0.323 e. The minimum Gasteiger partial charge on any atom is -0.371 e. The van der Waals surface area contributed by atoms with Crippen LogP contribution in [0.25, 0.3) is 0 Å². The fourth-order valence-corrected chi connectivity index (χ4v) is 5.91. The van der Waals surface area contributed by atoms with Gasteiger partial charge in [-0.15, -0.1) is 0 Å². The van der Waals surface area contributed by atoms with Gasteiger partial charge >= 0.3 is 12.1 Å². The number of carbonyl (C=O) groups is 2. The van der Waals surface area contributed by atoms with Crippen LogP contribution in [0, 0.1) is 0 Å². The molecule has 0 spiro atoms. The minimum atomic E-state index is -0.358. The van der Waals surface area contributed by atoms with Crippen molar-refractivity contribution < 1.29 is 19.1 Å². The summed E-state index contributed by atoms with van der Waals surface area (Å²) in [5.41, 5.74) is 4.57. The van der Waals surface area contributed by atoms with Gasteiger partial charge in [-0.05, 0) is 91.5 Å². The number of ether oxygens (including phenoxy) is 2. The zero-order valence-corrected chi connectivity index (χ0v) is 30.0. The monoisotopic (exact) mass is 820 g/mol. The van der Waals surface area contributed by atoms with Crippen molar-refractivity contribution >= 4 is 89.9 Å². The fraction of sp³-hybridized carbons (Fsp3) is 0.250. The molecule has 4 heterocycles. The van der Waals surface area contributed by atoms with Gasteiger partial charge in [0, 0.05) is 35.1 Å². The standard InChI is InChI=1S/2C16H16BrClN4O2/c2*17-12-7-10(14-9-19-5-6-24-14)1-3-13(12)22-16(23)21-11-2-4-15(18)20-8-11/h2*1-4,7-8,14,19H,5-6,9H2,(H2,21,22,23)/t2*14-/m10/s1. The molecule has 0 bridgehead atoms. The van der Waals surface area contributed by atoms with Crippen molar-refractivity contribution in [2.75, 3.05) is 60.7 Å². The number of amides is 4. The van der Waals surface area contributed by atoms with Gasteiger partial charge in [0.1, 0.15) is 10.3 Å². The summed E-state index contributed by atoms with van der Waals surface area (Å²) in [6.07, 6.45) is 3.04. The summed E-state index contributed by atoms with van der Waals surface area (Å²) in [7, 11) is 0. The first-order valence-corrected chi connectivity index (χ1v) is 17.2. The SMILES string of the molecule is O=C(Nc1ccc(Cl)nc1)Nc1ccc([C@@H]2CNCCO2)cc1Br.O=C(Nc1ccc(Cl)nc1)Nc1ccc([C@H]2CNCCO2)cc1Br. The quantitative estimate of drug-likeness (QED) is 0.109. The van der Waals surface area contributed by atoms with Crippen LogP contribution in [0.2, 0.25) is 10.3 Å². The lowest BCUT2D eigenvalue weighted by Crippen LogP contribution is -2.33. The van der Waals surface area contributed by atoms with Crippen LogP contribution in [0.5, 0.6) is 0 Å². The number of hydrogen-bond donors (Lipinski definition) is 6. The fourth-order valence-electron chi connectivity index (χ4n) is 4.69. The predicted molar refractivity (Wildman–Crippen MR) is 195 cm³/mol. The Balaban J connectivity index is 0.000000188. The van der Waals surface area contributed by atoms with E-state index in [9.17, 15) is 9.59 Å². The van der Waals surface area contributed by atoms with E-state index in [0.29, 0.717) is 46.3 Å². The number of morpholine rings is 2. The molecular weight excluding hydrogens is 791 g/mol. The van der Waals surface area contributed by atoms with Crippen molar-refractivity contribution in [1.29, 1.82) is 0 Å². The molecule has 2 aromatic carbocycles. The number of nitrogens with zero attached hydrogens (tertiary/aromatic N) is 2. The molecule has 12 nitrogen and oxygen atoms in total. The zero-order valence-electron chi connectivity index (χ0n) is 25.4. The summed E-state index contributed by atoms with van der Waals surface area (Å²) in [5.74, 6) is 0. The topological polar surface area (TPSA) is 151 Å². The average Bonchev–Trinajstić information content (AvgIpc) is 3.10. The predicted octanol–water partition coefficient (Wildman–Crippen LogP) is 7.60. The van der Waals surface area contributed by atoms with E-state index in [0.717, 1.165) is 46.3 Å². The van der Waals surface area contributed by atoms with Crippen molar-refractivity contribution in [3.8, 4) is 0 Å². The Kier molecular flexibility index (Phi) is 13.4.